The van der Waals surface area contributed by atoms with Gasteiger partial charge >= 0.3 is 0 Å². The summed E-state index contributed by atoms with van der Waals surface area (Å²) in [5.74, 6) is 0.0753. The Morgan fingerprint density at radius 2 is 2.26 bits per heavy atom. The molecule has 1 amide bonds. The predicted octanol–water partition coefficient (Wildman–Crippen LogP) is 3.08. The van der Waals surface area contributed by atoms with Gasteiger partial charge in [-0.25, -0.2) is 5.43 Å². The van der Waals surface area contributed by atoms with Crippen molar-refractivity contribution in [1.82, 2.24) is 5.43 Å². The van der Waals surface area contributed by atoms with Crippen LogP contribution in [0.4, 0.5) is 5.69 Å². The smallest absolute Gasteiger partial charge is 0.254 e. The molecule has 1 unspecified atom stereocenters. The van der Waals surface area contributed by atoms with Gasteiger partial charge in [-0.15, -0.1) is 0 Å². The topological polar surface area (TPSA) is 68.5 Å². The van der Waals surface area contributed by atoms with E-state index in [0.29, 0.717) is 5.92 Å². The van der Waals surface area contributed by atoms with E-state index in [4.69, 9.17) is 5.26 Å². The highest BCUT2D eigenvalue weighted by Gasteiger charge is 2.34. The maximum absolute atomic E-state index is 11.3. The predicted molar refractivity (Wildman–Crippen MR) is 92.7 cm³/mol. The van der Waals surface area contributed by atoms with Gasteiger partial charge in [0.15, 0.2) is 0 Å². The minimum atomic E-state index is -0.394. The first-order valence-electron chi connectivity index (χ1n) is 7.83. The summed E-state index contributed by atoms with van der Waals surface area (Å²) in [6.07, 6.45) is 2.56. The molecule has 0 aromatic heterocycles. The number of hydrazone groups is 1. The van der Waals surface area contributed by atoms with E-state index in [1.54, 1.807) is 12.3 Å². The standard InChI is InChI=1S/C18H24N4O/c1-12-8-16-15(13(2)10-18(3,4)22(16)5)9-14(12)11-20-21-17(23)6-7-19/h8-9,11,13H,6,10H2,1-5H3,(H,21,23)/b20-11-. The van der Waals surface area contributed by atoms with E-state index in [1.165, 1.54) is 11.3 Å². The number of aryl methyl sites for hydroxylation is 1. The molecule has 1 N–H and O–H groups in total. The third-order valence-electron chi connectivity index (χ3n) is 4.65. The van der Waals surface area contributed by atoms with Gasteiger partial charge < -0.3 is 4.90 Å². The Morgan fingerprint density at radius 3 is 2.91 bits per heavy atom. The molecule has 0 spiro atoms. The molecule has 1 aromatic carbocycles. The summed E-state index contributed by atoms with van der Waals surface area (Å²) in [5, 5.41) is 12.4. The van der Waals surface area contributed by atoms with Crippen LogP contribution in [-0.2, 0) is 4.79 Å². The fourth-order valence-corrected chi connectivity index (χ4v) is 3.16. The van der Waals surface area contributed by atoms with Crippen LogP contribution in [0, 0.1) is 18.3 Å². The number of benzene rings is 1. The number of hydrogen-bond acceptors (Lipinski definition) is 4. The molecule has 0 bridgehead atoms. The molecule has 122 valence electrons. The highest BCUT2D eigenvalue weighted by molar-refractivity contribution is 5.86. The molecule has 0 saturated heterocycles. The summed E-state index contributed by atoms with van der Waals surface area (Å²) in [6.45, 7) is 8.82. The van der Waals surface area contributed by atoms with Crippen LogP contribution in [0.1, 0.15) is 56.2 Å². The third kappa shape index (κ3) is 3.53. The number of amides is 1. The van der Waals surface area contributed by atoms with Crippen LogP contribution in [0.3, 0.4) is 0 Å². The molecule has 1 aromatic rings. The summed E-state index contributed by atoms with van der Waals surface area (Å²) in [4.78, 5) is 13.6. The quantitative estimate of drug-likeness (QED) is 0.689. The molecule has 1 heterocycles. The van der Waals surface area contributed by atoms with Gasteiger partial charge in [0.05, 0.1) is 12.3 Å². The van der Waals surface area contributed by atoms with Crippen LogP contribution in [0.5, 0.6) is 0 Å². The van der Waals surface area contributed by atoms with Gasteiger partial charge in [0, 0.05) is 18.3 Å². The third-order valence-corrected chi connectivity index (χ3v) is 4.65. The number of carbonyl (C=O) groups excluding carboxylic acids is 1. The monoisotopic (exact) mass is 312 g/mol. The minimum Gasteiger partial charge on any atom is -0.369 e. The molecule has 0 radical (unpaired) electrons. The Hall–Kier alpha value is -2.35. The molecular weight excluding hydrogens is 288 g/mol. The first-order valence-corrected chi connectivity index (χ1v) is 7.83. The second kappa shape index (κ2) is 6.41. The Balaban J connectivity index is 2.29. The van der Waals surface area contributed by atoms with Crippen LogP contribution in [0.15, 0.2) is 17.2 Å². The lowest BCUT2D eigenvalue weighted by Crippen LogP contribution is -2.45. The summed E-state index contributed by atoms with van der Waals surface area (Å²) in [6, 6.07) is 6.13. The van der Waals surface area contributed by atoms with E-state index in [1.807, 2.05) is 6.92 Å². The molecule has 0 fully saturated rings. The van der Waals surface area contributed by atoms with Crippen LogP contribution < -0.4 is 10.3 Å². The number of nitriles is 1. The summed E-state index contributed by atoms with van der Waals surface area (Å²) < 4.78 is 0. The van der Waals surface area contributed by atoms with Crippen molar-refractivity contribution in [1.29, 1.82) is 5.26 Å². The highest BCUT2D eigenvalue weighted by atomic mass is 16.2. The number of carbonyl (C=O) groups is 1. The van der Waals surface area contributed by atoms with Crippen molar-refractivity contribution in [3.05, 3.63) is 28.8 Å². The van der Waals surface area contributed by atoms with Gasteiger partial charge in [-0.1, -0.05) is 6.92 Å². The molecular formula is C18H24N4O. The number of nitrogens with one attached hydrogen (secondary N) is 1. The van der Waals surface area contributed by atoms with Crippen LogP contribution in [-0.4, -0.2) is 24.7 Å². The second-order valence-corrected chi connectivity index (χ2v) is 6.87. The summed E-state index contributed by atoms with van der Waals surface area (Å²) >= 11 is 0. The van der Waals surface area contributed by atoms with Crippen molar-refractivity contribution >= 4 is 17.8 Å². The summed E-state index contributed by atoms with van der Waals surface area (Å²) in [5.41, 5.74) is 7.17. The number of hydrogen-bond donors (Lipinski definition) is 1. The zero-order valence-corrected chi connectivity index (χ0v) is 14.5. The first kappa shape index (κ1) is 17.0. The van der Waals surface area contributed by atoms with Gasteiger partial charge in [-0.2, -0.15) is 10.4 Å². The van der Waals surface area contributed by atoms with Crippen molar-refractivity contribution in [2.24, 2.45) is 5.10 Å². The fourth-order valence-electron chi connectivity index (χ4n) is 3.16. The van der Waals surface area contributed by atoms with E-state index >= 15 is 0 Å². The molecule has 1 atom stereocenters. The van der Waals surface area contributed by atoms with Crippen molar-refractivity contribution < 1.29 is 4.79 Å². The van der Waals surface area contributed by atoms with Gasteiger partial charge in [-0.3, -0.25) is 4.79 Å². The fraction of sp³-hybridized carbons (Fsp3) is 0.500. The lowest BCUT2D eigenvalue weighted by molar-refractivity contribution is -0.120. The number of fused-ring (bicyclic) bond motifs is 1. The molecule has 0 saturated carbocycles. The lowest BCUT2D eigenvalue weighted by atomic mass is 9.79. The number of rotatable bonds is 3. The Bertz CT molecular complexity index is 685. The van der Waals surface area contributed by atoms with E-state index < -0.39 is 5.91 Å². The van der Waals surface area contributed by atoms with E-state index in [9.17, 15) is 4.79 Å². The average molecular weight is 312 g/mol. The van der Waals surface area contributed by atoms with Crippen LogP contribution in [0.25, 0.3) is 0 Å². The van der Waals surface area contributed by atoms with E-state index in [0.717, 1.165) is 17.5 Å². The Labute approximate surface area is 138 Å². The van der Waals surface area contributed by atoms with E-state index in [2.05, 4.69) is 55.4 Å². The SMILES string of the molecule is Cc1cc2c(cc1/C=N\NC(=O)CC#N)C(C)CC(C)(C)N2C. The largest absolute Gasteiger partial charge is 0.369 e. The Morgan fingerprint density at radius 1 is 1.57 bits per heavy atom. The van der Waals surface area contributed by atoms with Crippen molar-refractivity contribution in [2.45, 2.75) is 52.0 Å². The zero-order chi connectivity index (χ0) is 17.2. The molecule has 2 rings (SSSR count). The number of anilines is 1. The summed E-state index contributed by atoms with van der Waals surface area (Å²) in [7, 11) is 2.14. The molecule has 5 nitrogen and oxygen atoms in total. The van der Waals surface area contributed by atoms with Gasteiger partial charge in [0.2, 0.25) is 0 Å². The average Bonchev–Trinajstić information content (AvgIpc) is 2.46. The van der Waals surface area contributed by atoms with Crippen molar-refractivity contribution in [3.63, 3.8) is 0 Å². The maximum atomic E-state index is 11.3. The zero-order valence-electron chi connectivity index (χ0n) is 14.5. The lowest BCUT2D eigenvalue weighted by Gasteiger charge is -2.45. The highest BCUT2D eigenvalue weighted by Crippen LogP contribution is 2.43. The van der Waals surface area contributed by atoms with Gasteiger partial charge in [0.25, 0.3) is 5.91 Å². The molecule has 23 heavy (non-hydrogen) atoms. The van der Waals surface area contributed by atoms with Gasteiger partial charge in [-0.05, 0) is 61.9 Å². The van der Waals surface area contributed by atoms with Crippen molar-refractivity contribution in [3.8, 4) is 6.07 Å². The molecule has 5 heteroatoms. The maximum Gasteiger partial charge on any atom is 0.254 e. The number of nitrogens with zero attached hydrogens (tertiary/aromatic N) is 3. The first-order chi connectivity index (χ1) is 10.8. The van der Waals surface area contributed by atoms with Crippen LogP contribution >= 0.6 is 0 Å². The second-order valence-electron chi connectivity index (χ2n) is 6.87. The minimum absolute atomic E-state index is 0.139. The normalized spacial score (nSPS) is 19.3. The molecule has 0 aliphatic carbocycles. The van der Waals surface area contributed by atoms with Gasteiger partial charge in [0.1, 0.15) is 6.42 Å². The Kier molecular flexibility index (Phi) is 4.74. The van der Waals surface area contributed by atoms with E-state index in [-0.39, 0.29) is 12.0 Å². The molecule has 1 aliphatic heterocycles. The molecule has 1 aliphatic rings. The van der Waals surface area contributed by atoms with Crippen molar-refractivity contribution in [2.75, 3.05) is 11.9 Å². The van der Waals surface area contributed by atoms with Crippen LogP contribution in [0.2, 0.25) is 0 Å².